The van der Waals surface area contributed by atoms with Crippen LogP contribution in [0.25, 0.3) is 0 Å². The average molecular weight is 180 g/mol. The van der Waals surface area contributed by atoms with Gasteiger partial charge in [-0.05, 0) is 43.0 Å². The smallest absolute Gasteiger partial charge is 0.0960 e. The third kappa shape index (κ3) is 1.90. The zero-order valence-electron chi connectivity index (χ0n) is 8.82. The Morgan fingerprint density at radius 3 is 2.23 bits per heavy atom. The lowest BCUT2D eigenvalue weighted by atomic mass is 9.90. The highest BCUT2D eigenvalue weighted by Crippen LogP contribution is 2.25. The Morgan fingerprint density at radius 1 is 1.15 bits per heavy atom. The molecule has 0 spiro atoms. The van der Waals surface area contributed by atoms with E-state index in [0.717, 1.165) is 0 Å². The Balaban J connectivity index is 3.25. The van der Waals surface area contributed by atoms with E-state index >= 15 is 0 Å². The molecule has 1 atom stereocenters. The number of aryl methyl sites for hydroxylation is 2. The van der Waals surface area contributed by atoms with Gasteiger partial charge in [0, 0.05) is 5.92 Å². The van der Waals surface area contributed by atoms with Crippen molar-refractivity contribution in [3.8, 4) is 0 Å². The normalized spacial score (nSPS) is 13.0. The largest absolute Gasteiger partial charge is 0.250 e. The molecule has 0 aliphatic rings. The van der Waals surface area contributed by atoms with Crippen molar-refractivity contribution >= 4 is 0 Å². The number of halogens is 1. The van der Waals surface area contributed by atoms with Crippen molar-refractivity contribution in [3.63, 3.8) is 0 Å². The summed E-state index contributed by atoms with van der Waals surface area (Å²) in [5, 5.41) is 0. The van der Waals surface area contributed by atoms with Crippen molar-refractivity contribution in [2.75, 3.05) is 6.67 Å². The average Bonchev–Trinajstić information content (AvgIpc) is 2.12. The highest BCUT2D eigenvalue weighted by atomic mass is 19.1. The van der Waals surface area contributed by atoms with Crippen molar-refractivity contribution < 1.29 is 4.39 Å². The summed E-state index contributed by atoms with van der Waals surface area (Å²) in [4.78, 5) is 0. The van der Waals surface area contributed by atoms with Crippen molar-refractivity contribution in [3.05, 3.63) is 34.4 Å². The zero-order chi connectivity index (χ0) is 10.0. The second-order valence-corrected chi connectivity index (χ2v) is 3.79. The van der Waals surface area contributed by atoms with E-state index in [1.165, 1.54) is 22.3 Å². The van der Waals surface area contributed by atoms with Gasteiger partial charge in [0.25, 0.3) is 0 Å². The molecule has 0 N–H and O–H groups in total. The lowest BCUT2D eigenvalue weighted by Gasteiger charge is -2.16. The van der Waals surface area contributed by atoms with Gasteiger partial charge in [-0.1, -0.05) is 19.1 Å². The lowest BCUT2D eigenvalue weighted by Crippen LogP contribution is -2.02. The van der Waals surface area contributed by atoms with Crippen LogP contribution in [0.15, 0.2) is 12.1 Å². The highest BCUT2D eigenvalue weighted by molar-refractivity contribution is 5.41. The molecule has 0 saturated carbocycles. The number of hydrogen-bond donors (Lipinski definition) is 0. The summed E-state index contributed by atoms with van der Waals surface area (Å²) in [5.74, 6) is 0.0277. The highest BCUT2D eigenvalue weighted by Gasteiger charge is 2.11. The van der Waals surface area contributed by atoms with Crippen LogP contribution in [-0.2, 0) is 0 Å². The van der Waals surface area contributed by atoms with Crippen LogP contribution < -0.4 is 0 Å². The van der Waals surface area contributed by atoms with Gasteiger partial charge in [-0.3, -0.25) is 4.39 Å². The van der Waals surface area contributed by atoms with Crippen LogP contribution in [0, 0.1) is 20.8 Å². The van der Waals surface area contributed by atoms with E-state index in [1.807, 2.05) is 13.8 Å². The van der Waals surface area contributed by atoms with Gasteiger partial charge in [-0.25, -0.2) is 0 Å². The molecule has 0 saturated heterocycles. The van der Waals surface area contributed by atoms with Crippen LogP contribution in [-0.4, -0.2) is 6.67 Å². The first-order chi connectivity index (χ1) is 6.07. The minimum atomic E-state index is -0.273. The van der Waals surface area contributed by atoms with Crippen LogP contribution in [0.1, 0.15) is 35.1 Å². The maximum atomic E-state index is 12.6. The summed E-state index contributed by atoms with van der Waals surface area (Å²) in [6, 6.07) is 4.17. The maximum Gasteiger partial charge on any atom is 0.0960 e. The maximum absolute atomic E-state index is 12.6. The van der Waals surface area contributed by atoms with E-state index in [9.17, 15) is 4.39 Å². The first-order valence-corrected chi connectivity index (χ1v) is 4.70. The first kappa shape index (κ1) is 10.2. The van der Waals surface area contributed by atoms with Crippen molar-refractivity contribution in [1.29, 1.82) is 0 Å². The first-order valence-electron chi connectivity index (χ1n) is 4.70. The van der Waals surface area contributed by atoms with Gasteiger partial charge in [0.15, 0.2) is 0 Å². The van der Waals surface area contributed by atoms with Gasteiger partial charge in [0.05, 0.1) is 6.67 Å². The monoisotopic (exact) mass is 180 g/mol. The van der Waals surface area contributed by atoms with Crippen molar-refractivity contribution in [1.82, 2.24) is 0 Å². The van der Waals surface area contributed by atoms with Gasteiger partial charge in [-0.2, -0.15) is 0 Å². The number of alkyl halides is 1. The molecule has 1 rings (SSSR count). The molecule has 0 bridgehead atoms. The fourth-order valence-electron chi connectivity index (χ4n) is 1.81. The molecule has 1 unspecified atom stereocenters. The van der Waals surface area contributed by atoms with Crippen LogP contribution in [0.3, 0.4) is 0 Å². The predicted molar refractivity (Wildman–Crippen MR) is 55.0 cm³/mol. The molecule has 0 aliphatic carbocycles. The van der Waals surface area contributed by atoms with E-state index in [2.05, 4.69) is 26.0 Å². The third-order valence-electron chi connectivity index (χ3n) is 2.73. The summed E-state index contributed by atoms with van der Waals surface area (Å²) in [6.07, 6.45) is 0. The molecule has 1 aromatic rings. The Kier molecular flexibility index (Phi) is 3.07. The minimum absolute atomic E-state index is 0.0277. The summed E-state index contributed by atoms with van der Waals surface area (Å²) in [5.41, 5.74) is 4.88. The van der Waals surface area contributed by atoms with Crippen molar-refractivity contribution in [2.24, 2.45) is 0 Å². The standard InChI is InChI=1S/C12H17F/c1-8-5-6-9(2)12(11(8)4)10(3)7-13/h5-6,10H,7H2,1-4H3. The fourth-order valence-corrected chi connectivity index (χ4v) is 1.81. The Hall–Kier alpha value is -0.850. The number of hydrogen-bond acceptors (Lipinski definition) is 0. The number of benzene rings is 1. The lowest BCUT2D eigenvalue weighted by molar-refractivity contribution is 0.445. The summed E-state index contributed by atoms with van der Waals surface area (Å²) in [7, 11) is 0. The Labute approximate surface area is 79.8 Å². The van der Waals surface area contributed by atoms with Crippen LogP contribution >= 0.6 is 0 Å². The fraction of sp³-hybridized carbons (Fsp3) is 0.500. The van der Waals surface area contributed by atoms with Gasteiger partial charge >= 0.3 is 0 Å². The second kappa shape index (κ2) is 3.91. The predicted octanol–water partition coefficient (Wildman–Crippen LogP) is 3.68. The quantitative estimate of drug-likeness (QED) is 0.651. The van der Waals surface area contributed by atoms with E-state index in [4.69, 9.17) is 0 Å². The van der Waals surface area contributed by atoms with Gasteiger partial charge in [0.2, 0.25) is 0 Å². The van der Waals surface area contributed by atoms with E-state index in [1.54, 1.807) is 0 Å². The molecule has 0 amide bonds. The topological polar surface area (TPSA) is 0 Å². The van der Waals surface area contributed by atoms with Crippen LogP contribution in [0.2, 0.25) is 0 Å². The minimum Gasteiger partial charge on any atom is -0.250 e. The van der Waals surface area contributed by atoms with Crippen LogP contribution in [0.4, 0.5) is 4.39 Å². The van der Waals surface area contributed by atoms with Crippen LogP contribution in [0.5, 0.6) is 0 Å². The summed E-state index contributed by atoms with van der Waals surface area (Å²) < 4.78 is 12.6. The van der Waals surface area contributed by atoms with Crippen molar-refractivity contribution in [2.45, 2.75) is 33.6 Å². The van der Waals surface area contributed by atoms with E-state index in [-0.39, 0.29) is 12.6 Å². The zero-order valence-corrected chi connectivity index (χ0v) is 8.82. The molecule has 13 heavy (non-hydrogen) atoms. The molecule has 0 heterocycles. The second-order valence-electron chi connectivity index (χ2n) is 3.79. The summed E-state index contributed by atoms with van der Waals surface area (Å²) >= 11 is 0. The summed E-state index contributed by atoms with van der Waals surface area (Å²) in [6.45, 7) is 7.86. The molecule has 0 radical (unpaired) electrons. The molecular formula is C12H17F. The van der Waals surface area contributed by atoms with E-state index < -0.39 is 0 Å². The molecule has 72 valence electrons. The molecule has 0 aliphatic heterocycles. The Bertz CT molecular complexity index is 302. The molecular weight excluding hydrogens is 163 g/mol. The molecule has 1 aromatic carbocycles. The Morgan fingerprint density at radius 2 is 1.69 bits per heavy atom. The molecule has 0 fully saturated rings. The third-order valence-corrected chi connectivity index (χ3v) is 2.73. The van der Waals surface area contributed by atoms with Gasteiger partial charge < -0.3 is 0 Å². The molecule has 0 aromatic heterocycles. The molecule has 1 heteroatoms. The number of rotatable bonds is 2. The SMILES string of the molecule is Cc1ccc(C)c(C(C)CF)c1C. The van der Waals surface area contributed by atoms with Gasteiger partial charge in [0.1, 0.15) is 0 Å². The van der Waals surface area contributed by atoms with Gasteiger partial charge in [-0.15, -0.1) is 0 Å². The molecule has 0 nitrogen and oxygen atoms in total. The van der Waals surface area contributed by atoms with E-state index in [0.29, 0.717) is 0 Å².